The van der Waals surface area contributed by atoms with Crippen LogP contribution >= 0.6 is 0 Å². The molecule has 1 aromatic rings. The molecule has 2 N–H and O–H groups in total. The van der Waals surface area contributed by atoms with Crippen LogP contribution in [0.5, 0.6) is 11.5 Å². The molecule has 0 fully saturated rings. The summed E-state index contributed by atoms with van der Waals surface area (Å²) in [6.45, 7) is 6.84. The van der Waals surface area contributed by atoms with Gasteiger partial charge in [0.2, 0.25) is 0 Å². The van der Waals surface area contributed by atoms with Crippen LogP contribution in [0.3, 0.4) is 0 Å². The van der Waals surface area contributed by atoms with Crippen LogP contribution in [0.15, 0.2) is 12.1 Å². The van der Waals surface area contributed by atoms with Gasteiger partial charge < -0.3 is 15.2 Å². The second-order valence-electron chi connectivity index (χ2n) is 5.40. The maximum atomic E-state index is 5.65. The second kappa shape index (κ2) is 6.49. The molecule has 3 heteroatoms. The molecular weight excluding hydrogens is 238 g/mol. The van der Waals surface area contributed by atoms with Gasteiger partial charge in [-0.2, -0.15) is 0 Å². The number of benzene rings is 1. The molecule has 0 amide bonds. The van der Waals surface area contributed by atoms with Gasteiger partial charge in [-0.1, -0.05) is 11.8 Å². The van der Waals surface area contributed by atoms with E-state index in [0.29, 0.717) is 18.0 Å². The van der Waals surface area contributed by atoms with Crippen molar-refractivity contribution in [1.82, 2.24) is 0 Å². The van der Waals surface area contributed by atoms with Crippen molar-refractivity contribution in [2.24, 2.45) is 11.1 Å². The molecular formula is C16H23NO2. The third-order valence-electron chi connectivity index (χ3n) is 2.60. The van der Waals surface area contributed by atoms with Gasteiger partial charge in [-0.3, -0.25) is 0 Å². The summed E-state index contributed by atoms with van der Waals surface area (Å²) in [5, 5.41) is 0. The maximum absolute atomic E-state index is 5.65. The van der Waals surface area contributed by atoms with Crippen molar-refractivity contribution in [1.29, 1.82) is 0 Å². The summed E-state index contributed by atoms with van der Waals surface area (Å²) in [5.41, 5.74) is 7.67. The molecule has 0 bridgehead atoms. The predicted octanol–water partition coefficient (Wildman–Crippen LogP) is 2.60. The van der Waals surface area contributed by atoms with Crippen LogP contribution in [0.2, 0.25) is 0 Å². The molecule has 0 aliphatic heterocycles. The van der Waals surface area contributed by atoms with Gasteiger partial charge in [0.15, 0.2) is 11.5 Å². The molecule has 19 heavy (non-hydrogen) atoms. The van der Waals surface area contributed by atoms with Gasteiger partial charge in [0.1, 0.15) is 0 Å². The summed E-state index contributed by atoms with van der Waals surface area (Å²) in [5.74, 6) is 7.87. The zero-order valence-electron chi connectivity index (χ0n) is 12.5. The van der Waals surface area contributed by atoms with Crippen molar-refractivity contribution in [3.8, 4) is 23.3 Å². The van der Waals surface area contributed by atoms with Crippen molar-refractivity contribution in [3.63, 3.8) is 0 Å². The lowest BCUT2D eigenvalue weighted by Crippen LogP contribution is -2.06. The number of ether oxygens (including phenoxy) is 2. The Morgan fingerprint density at radius 2 is 1.68 bits per heavy atom. The van der Waals surface area contributed by atoms with Gasteiger partial charge in [-0.15, -0.1) is 0 Å². The van der Waals surface area contributed by atoms with Gasteiger partial charge in [0, 0.05) is 11.0 Å². The Morgan fingerprint density at radius 1 is 1.11 bits per heavy atom. The lowest BCUT2D eigenvalue weighted by molar-refractivity contribution is 0.354. The molecule has 0 aliphatic rings. The minimum absolute atomic E-state index is 0.0346. The summed E-state index contributed by atoms with van der Waals surface area (Å²) < 4.78 is 10.6. The summed E-state index contributed by atoms with van der Waals surface area (Å²) >= 11 is 0. The van der Waals surface area contributed by atoms with Gasteiger partial charge in [-0.25, -0.2) is 0 Å². The van der Waals surface area contributed by atoms with E-state index in [1.165, 1.54) is 0 Å². The Kier molecular flexibility index (Phi) is 5.26. The summed E-state index contributed by atoms with van der Waals surface area (Å²) in [6, 6.07) is 3.88. The smallest absolute Gasteiger partial charge is 0.161 e. The van der Waals surface area contributed by atoms with E-state index in [-0.39, 0.29) is 5.41 Å². The lowest BCUT2D eigenvalue weighted by atomic mass is 9.96. The quantitative estimate of drug-likeness (QED) is 0.847. The number of hydrogen-bond acceptors (Lipinski definition) is 3. The van der Waals surface area contributed by atoms with Gasteiger partial charge in [-0.05, 0) is 51.4 Å². The topological polar surface area (TPSA) is 44.5 Å². The molecule has 0 unspecified atom stereocenters. The molecule has 0 heterocycles. The fourth-order valence-corrected chi connectivity index (χ4v) is 1.65. The molecule has 0 atom stereocenters. The van der Waals surface area contributed by atoms with Crippen LogP contribution in [-0.4, -0.2) is 20.8 Å². The van der Waals surface area contributed by atoms with Gasteiger partial charge in [0.05, 0.1) is 14.2 Å². The van der Waals surface area contributed by atoms with Crippen LogP contribution in [-0.2, 0) is 6.42 Å². The van der Waals surface area contributed by atoms with Crippen LogP contribution in [0.25, 0.3) is 0 Å². The molecule has 0 radical (unpaired) electrons. The Bertz CT molecular complexity index is 490. The monoisotopic (exact) mass is 261 g/mol. The van der Waals surface area contributed by atoms with Crippen LogP contribution in [0.4, 0.5) is 0 Å². The third-order valence-corrected chi connectivity index (χ3v) is 2.60. The minimum Gasteiger partial charge on any atom is -0.493 e. The molecule has 0 spiro atoms. The first-order valence-electron chi connectivity index (χ1n) is 6.39. The Balaban J connectivity index is 3.29. The van der Waals surface area contributed by atoms with E-state index < -0.39 is 0 Å². The zero-order valence-corrected chi connectivity index (χ0v) is 12.5. The SMILES string of the molecule is COc1cc(C#CC(C)(C)C)c(CCN)cc1OC. The number of nitrogens with two attached hydrogens (primary N) is 1. The highest BCUT2D eigenvalue weighted by Gasteiger charge is 2.10. The largest absolute Gasteiger partial charge is 0.493 e. The molecule has 0 saturated heterocycles. The normalized spacial score (nSPS) is 10.6. The number of rotatable bonds is 4. The highest BCUT2D eigenvalue weighted by molar-refractivity contribution is 5.53. The molecule has 104 valence electrons. The first kappa shape index (κ1) is 15.4. The Morgan fingerprint density at radius 3 is 2.16 bits per heavy atom. The number of methoxy groups -OCH3 is 2. The van der Waals surface area contributed by atoms with E-state index in [1.807, 2.05) is 12.1 Å². The average Bonchev–Trinajstić information content (AvgIpc) is 2.36. The fourth-order valence-electron chi connectivity index (χ4n) is 1.65. The van der Waals surface area contributed by atoms with Crippen LogP contribution < -0.4 is 15.2 Å². The molecule has 0 aromatic heterocycles. The zero-order chi connectivity index (χ0) is 14.5. The van der Waals surface area contributed by atoms with Crippen molar-refractivity contribution in [2.75, 3.05) is 20.8 Å². The van der Waals surface area contributed by atoms with Crippen molar-refractivity contribution in [3.05, 3.63) is 23.3 Å². The van der Waals surface area contributed by atoms with Crippen molar-refractivity contribution < 1.29 is 9.47 Å². The van der Waals surface area contributed by atoms with E-state index in [0.717, 1.165) is 17.5 Å². The van der Waals surface area contributed by atoms with Gasteiger partial charge in [0.25, 0.3) is 0 Å². The highest BCUT2D eigenvalue weighted by atomic mass is 16.5. The second-order valence-corrected chi connectivity index (χ2v) is 5.40. The first-order chi connectivity index (χ1) is 8.91. The van der Waals surface area contributed by atoms with E-state index in [4.69, 9.17) is 15.2 Å². The molecule has 0 aliphatic carbocycles. The highest BCUT2D eigenvalue weighted by Crippen LogP contribution is 2.30. The van der Waals surface area contributed by atoms with Crippen molar-refractivity contribution >= 4 is 0 Å². The van der Waals surface area contributed by atoms with E-state index in [9.17, 15) is 0 Å². The van der Waals surface area contributed by atoms with Crippen LogP contribution in [0.1, 0.15) is 31.9 Å². The number of hydrogen-bond donors (Lipinski definition) is 1. The average molecular weight is 261 g/mol. The standard InChI is InChI=1S/C16H23NO2/c1-16(2,3)8-6-12-10-14(18-4)15(19-5)11-13(12)7-9-17/h10-11H,7,9,17H2,1-5H3. The summed E-state index contributed by atoms with van der Waals surface area (Å²) in [4.78, 5) is 0. The van der Waals surface area contributed by atoms with Gasteiger partial charge >= 0.3 is 0 Å². The predicted molar refractivity (Wildman–Crippen MR) is 78.6 cm³/mol. The minimum atomic E-state index is -0.0346. The summed E-state index contributed by atoms with van der Waals surface area (Å²) in [6.07, 6.45) is 0.772. The summed E-state index contributed by atoms with van der Waals surface area (Å²) in [7, 11) is 3.26. The van der Waals surface area contributed by atoms with E-state index >= 15 is 0 Å². The lowest BCUT2D eigenvalue weighted by Gasteiger charge is -2.12. The molecule has 1 aromatic carbocycles. The first-order valence-corrected chi connectivity index (χ1v) is 6.39. The fraction of sp³-hybridized carbons (Fsp3) is 0.500. The Labute approximate surface area is 116 Å². The van der Waals surface area contributed by atoms with Crippen LogP contribution in [0, 0.1) is 17.3 Å². The maximum Gasteiger partial charge on any atom is 0.161 e. The third kappa shape index (κ3) is 4.50. The molecule has 0 saturated carbocycles. The Hall–Kier alpha value is -1.66. The van der Waals surface area contributed by atoms with Crippen molar-refractivity contribution in [2.45, 2.75) is 27.2 Å². The molecule has 3 nitrogen and oxygen atoms in total. The molecule has 1 rings (SSSR count). The van der Waals surface area contributed by atoms with E-state index in [2.05, 4.69) is 32.6 Å². The van der Waals surface area contributed by atoms with E-state index in [1.54, 1.807) is 14.2 Å².